The number of aryl methyl sites for hydroxylation is 1. The van der Waals surface area contributed by atoms with Crippen molar-refractivity contribution in [3.63, 3.8) is 0 Å². The molecule has 1 aromatic heterocycles. The van der Waals surface area contributed by atoms with Crippen molar-refractivity contribution in [2.45, 2.75) is 6.92 Å². The van der Waals surface area contributed by atoms with Crippen LogP contribution in [0.1, 0.15) is 16.1 Å². The van der Waals surface area contributed by atoms with Crippen LogP contribution in [0.4, 0.5) is 0 Å². The number of furan rings is 1. The van der Waals surface area contributed by atoms with Gasteiger partial charge in [0.1, 0.15) is 11.5 Å². The van der Waals surface area contributed by atoms with Crippen LogP contribution in [-0.2, 0) is 4.79 Å². The zero-order valence-electron chi connectivity index (χ0n) is 12.6. The predicted octanol–water partition coefficient (Wildman–Crippen LogP) is 2.07. The van der Waals surface area contributed by atoms with Gasteiger partial charge in [-0.15, -0.1) is 0 Å². The van der Waals surface area contributed by atoms with Crippen molar-refractivity contribution >= 4 is 45.1 Å². The molecule has 0 aliphatic heterocycles. The first-order valence-electron chi connectivity index (χ1n) is 6.78. The molecular weight excluding hydrogens is 398 g/mol. The molecule has 0 saturated carbocycles. The number of carbonyl (C=O) groups excluding carboxylic acids is 2. The van der Waals surface area contributed by atoms with Crippen molar-refractivity contribution in [1.29, 1.82) is 0 Å². The van der Waals surface area contributed by atoms with Crippen LogP contribution in [0, 0.1) is 6.92 Å². The van der Waals surface area contributed by atoms with Crippen LogP contribution in [0.25, 0.3) is 0 Å². The third-order valence-electron chi connectivity index (χ3n) is 2.83. The van der Waals surface area contributed by atoms with E-state index in [4.69, 9.17) is 21.4 Å². The van der Waals surface area contributed by atoms with Crippen molar-refractivity contribution in [2.24, 2.45) is 0 Å². The molecule has 0 aliphatic rings. The summed E-state index contributed by atoms with van der Waals surface area (Å²) >= 11 is 8.22. The van der Waals surface area contributed by atoms with Gasteiger partial charge in [0.25, 0.3) is 11.8 Å². The maximum atomic E-state index is 11.8. The Morgan fingerprint density at radius 3 is 2.54 bits per heavy atom. The highest BCUT2D eigenvalue weighted by Gasteiger charge is 2.12. The Bertz CT molecular complexity index is 745. The summed E-state index contributed by atoms with van der Waals surface area (Å²) in [6, 6.07) is 8.57. The van der Waals surface area contributed by atoms with Gasteiger partial charge < -0.3 is 9.15 Å². The first-order chi connectivity index (χ1) is 11.5. The van der Waals surface area contributed by atoms with Gasteiger partial charge in [0, 0.05) is 4.47 Å². The van der Waals surface area contributed by atoms with E-state index in [-0.39, 0.29) is 11.7 Å². The van der Waals surface area contributed by atoms with E-state index in [9.17, 15) is 9.59 Å². The number of nitrogens with one attached hydrogen (secondary N) is 3. The van der Waals surface area contributed by atoms with E-state index >= 15 is 0 Å². The Morgan fingerprint density at radius 2 is 1.92 bits per heavy atom. The first-order valence-corrected chi connectivity index (χ1v) is 7.98. The summed E-state index contributed by atoms with van der Waals surface area (Å²) in [7, 11) is 0. The molecule has 1 aromatic carbocycles. The van der Waals surface area contributed by atoms with Gasteiger partial charge in [-0.25, -0.2) is 0 Å². The standard InChI is InChI=1S/C15H14BrN3O4S/c1-9-12(6-7-22-9)14(21)18-19-15(24)17-13(20)8-23-11-4-2-10(16)3-5-11/h2-7H,8H2,1H3,(H,18,21)(H2,17,19,20,24). The van der Waals surface area contributed by atoms with Gasteiger partial charge in [0.05, 0.1) is 11.8 Å². The maximum Gasteiger partial charge on any atom is 0.273 e. The highest BCUT2D eigenvalue weighted by Crippen LogP contribution is 2.15. The van der Waals surface area contributed by atoms with Crippen LogP contribution in [0.15, 0.2) is 45.5 Å². The SMILES string of the molecule is Cc1occc1C(=O)NNC(=S)NC(=O)COc1ccc(Br)cc1. The van der Waals surface area contributed by atoms with Crippen molar-refractivity contribution in [1.82, 2.24) is 16.2 Å². The molecule has 0 radical (unpaired) electrons. The summed E-state index contributed by atoms with van der Waals surface area (Å²) in [5.41, 5.74) is 5.16. The van der Waals surface area contributed by atoms with Crippen LogP contribution in [-0.4, -0.2) is 23.5 Å². The zero-order valence-corrected chi connectivity index (χ0v) is 15.0. The normalized spacial score (nSPS) is 9.92. The first kappa shape index (κ1) is 18.0. The lowest BCUT2D eigenvalue weighted by molar-refractivity contribution is -0.121. The average Bonchev–Trinajstić information content (AvgIpc) is 2.98. The molecule has 0 fully saturated rings. The highest BCUT2D eigenvalue weighted by atomic mass is 79.9. The Labute approximate surface area is 151 Å². The average molecular weight is 412 g/mol. The topological polar surface area (TPSA) is 92.6 Å². The molecule has 0 aliphatic carbocycles. The van der Waals surface area contributed by atoms with E-state index in [0.717, 1.165) is 4.47 Å². The summed E-state index contributed by atoms with van der Waals surface area (Å²) in [4.78, 5) is 23.5. The minimum Gasteiger partial charge on any atom is -0.484 e. The van der Waals surface area contributed by atoms with Gasteiger partial charge in [-0.05, 0) is 49.5 Å². The molecule has 0 atom stereocenters. The van der Waals surface area contributed by atoms with E-state index in [2.05, 4.69) is 32.1 Å². The van der Waals surface area contributed by atoms with Crippen LogP contribution in [0.5, 0.6) is 5.75 Å². The van der Waals surface area contributed by atoms with Crippen LogP contribution >= 0.6 is 28.1 Å². The Kier molecular flexibility index (Phi) is 6.33. The minimum absolute atomic E-state index is 0.0473. The molecule has 24 heavy (non-hydrogen) atoms. The van der Waals surface area contributed by atoms with Crippen LogP contribution in [0.3, 0.4) is 0 Å². The van der Waals surface area contributed by atoms with Gasteiger partial charge in [-0.3, -0.25) is 25.8 Å². The summed E-state index contributed by atoms with van der Waals surface area (Å²) in [5.74, 6) is 0.149. The van der Waals surface area contributed by atoms with E-state index in [1.807, 2.05) is 0 Å². The lowest BCUT2D eigenvalue weighted by atomic mass is 10.2. The van der Waals surface area contributed by atoms with Gasteiger partial charge >= 0.3 is 0 Å². The van der Waals surface area contributed by atoms with Crippen LogP contribution < -0.4 is 20.9 Å². The smallest absolute Gasteiger partial charge is 0.273 e. The number of rotatable bonds is 4. The van der Waals surface area contributed by atoms with E-state index in [1.54, 1.807) is 31.2 Å². The molecule has 3 N–H and O–H groups in total. The van der Waals surface area contributed by atoms with Gasteiger partial charge in [-0.1, -0.05) is 15.9 Å². The van der Waals surface area contributed by atoms with Crippen molar-refractivity contribution in [3.05, 3.63) is 52.4 Å². The lowest BCUT2D eigenvalue weighted by Gasteiger charge is -2.11. The number of hydrazine groups is 1. The Hall–Kier alpha value is -2.39. The molecule has 2 rings (SSSR count). The van der Waals surface area contributed by atoms with E-state index in [1.165, 1.54) is 12.3 Å². The van der Waals surface area contributed by atoms with Crippen molar-refractivity contribution < 1.29 is 18.7 Å². The molecule has 0 saturated heterocycles. The fourth-order valence-corrected chi connectivity index (χ4v) is 2.10. The van der Waals surface area contributed by atoms with E-state index in [0.29, 0.717) is 17.1 Å². The molecule has 0 bridgehead atoms. The number of benzene rings is 1. The number of halogens is 1. The summed E-state index contributed by atoms with van der Waals surface area (Å²) < 4.78 is 11.2. The maximum absolute atomic E-state index is 11.8. The fraction of sp³-hybridized carbons (Fsp3) is 0.133. The number of hydrogen-bond acceptors (Lipinski definition) is 5. The molecule has 0 spiro atoms. The third-order valence-corrected chi connectivity index (χ3v) is 3.56. The monoisotopic (exact) mass is 411 g/mol. The quantitative estimate of drug-likeness (QED) is 0.526. The second kappa shape index (κ2) is 8.46. The number of ether oxygens (including phenoxy) is 1. The van der Waals surface area contributed by atoms with Gasteiger partial charge in [0.2, 0.25) is 0 Å². The number of carbonyl (C=O) groups is 2. The van der Waals surface area contributed by atoms with E-state index < -0.39 is 11.8 Å². The van der Waals surface area contributed by atoms with Gasteiger partial charge in [0.15, 0.2) is 11.7 Å². The number of hydrogen-bond donors (Lipinski definition) is 3. The van der Waals surface area contributed by atoms with Crippen molar-refractivity contribution in [2.75, 3.05) is 6.61 Å². The fourth-order valence-electron chi connectivity index (χ4n) is 1.68. The summed E-state index contributed by atoms with van der Waals surface area (Å²) in [6.07, 6.45) is 1.41. The number of thiocarbonyl (C=S) groups is 1. The number of amides is 2. The highest BCUT2D eigenvalue weighted by molar-refractivity contribution is 9.10. The molecule has 2 aromatic rings. The molecule has 126 valence electrons. The second-order valence-electron chi connectivity index (χ2n) is 4.59. The summed E-state index contributed by atoms with van der Waals surface area (Å²) in [5, 5.41) is 2.34. The molecule has 7 nitrogen and oxygen atoms in total. The summed E-state index contributed by atoms with van der Waals surface area (Å²) in [6.45, 7) is 1.45. The minimum atomic E-state index is -0.454. The second-order valence-corrected chi connectivity index (χ2v) is 5.91. The molecular formula is C15H14BrN3O4S. The predicted molar refractivity (Wildman–Crippen MR) is 94.4 cm³/mol. The Morgan fingerprint density at radius 1 is 1.21 bits per heavy atom. The van der Waals surface area contributed by atoms with Crippen LogP contribution in [0.2, 0.25) is 0 Å². The third kappa shape index (κ3) is 5.36. The lowest BCUT2D eigenvalue weighted by Crippen LogP contribution is -2.49. The molecule has 1 heterocycles. The Balaban J connectivity index is 1.71. The molecule has 2 amide bonds. The van der Waals surface area contributed by atoms with Crippen molar-refractivity contribution in [3.8, 4) is 5.75 Å². The molecule has 0 unspecified atom stereocenters. The molecule has 9 heteroatoms. The van der Waals surface area contributed by atoms with Gasteiger partial charge in [-0.2, -0.15) is 0 Å². The zero-order chi connectivity index (χ0) is 17.5. The largest absolute Gasteiger partial charge is 0.484 e.